The van der Waals surface area contributed by atoms with Crippen molar-refractivity contribution < 1.29 is 9.53 Å². The molecule has 2 aromatic rings. The summed E-state index contributed by atoms with van der Waals surface area (Å²) >= 11 is 5.86. The molecule has 144 valence electrons. The molecule has 1 N–H and O–H groups in total. The van der Waals surface area contributed by atoms with Gasteiger partial charge in [0.05, 0.1) is 18.4 Å². The lowest BCUT2D eigenvalue weighted by atomic mass is 10.3. The van der Waals surface area contributed by atoms with Crippen molar-refractivity contribution in [1.29, 1.82) is 0 Å². The predicted molar refractivity (Wildman–Crippen MR) is 105 cm³/mol. The van der Waals surface area contributed by atoms with E-state index in [1.54, 1.807) is 35.0 Å². The topological polar surface area (TPSA) is 75.0 Å². The number of halogens is 1. The average molecular weight is 391 g/mol. The lowest BCUT2D eigenvalue weighted by Crippen LogP contribution is -2.55. The number of carbonyl (C=O) groups excluding carboxylic acids is 1. The van der Waals surface area contributed by atoms with Gasteiger partial charge in [-0.2, -0.15) is 5.10 Å². The predicted octanol–water partition coefficient (Wildman–Crippen LogP) is 1.38. The number of carbonyl (C=O) groups is 1. The van der Waals surface area contributed by atoms with Gasteiger partial charge < -0.3 is 19.9 Å². The first-order valence-electron chi connectivity index (χ1n) is 8.70. The van der Waals surface area contributed by atoms with Gasteiger partial charge in [-0.15, -0.1) is 0 Å². The Labute approximate surface area is 163 Å². The third-order valence-corrected chi connectivity index (χ3v) is 4.45. The minimum atomic E-state index is 0.0228. The fourth-order valence-corrected chi connectivity index (χ4v) is 3.00. The molecule has 1 aliphatic rings. The van der Waals surface area contributed by atoms with Gasteiger partial charge in [0, 0.05) is 38.4 Å². The summed E-state index contributed by atoms with van der Waals surface area (Å²) in [7, 11) is 3.54. The third kappa shape index (κ3) is 4.91. The van der Waals surface area contributed by atoms with Crippen molar-refractivity contribution in [2.45, 2.75) is 0 Å². The van der Waals surface area contributed by atoms with Gasteiger partial charge in [-0.05, 0) is 24.3 Å². The first kappa shape index (κ1) is 19.0. The zero-order valence-electron chi connectivity index (χ0n) is 15.4. The van der Waals surface area contributed by atoms with Crippen molar-refractivity contribution in [2.75, 3.05) is 44.7 Å². The Bertz CT molecular complexity index is 804. The van der Waals surface area contributed by atoms with Gasteiger partial charge in [0.25, 0.3) is 0 Å². The molecule has 0 unspecified atom stereocenters. The van der Waals surface area contributed by atoms with Crippen molar-refractivity contribution in [1.82, 2.24) is 20.0 Å². The van der Waals surface area contributed by atoms with Crippen LogP contribution in [0.3, 0.4) is 0 Å². The molecular weight excluding hydrogens is 368 g/mol. The Kier molecular flexibility index (Phi) is 6.18. The molecule has 1 aromatic heterocycles. The molecule has 1 aliphatic heterocycles. The number of ether oxygens (including phenoxy) is 1. The number of amides is 1. The number of aromatic nitrogens is 2. The van der Waals surface area contributed by atoms with Crippen molar-refractivity contribution in [2.24, 2.45) is 12.0 Å². The van der Waals surface area contributed by atoms with Crippen LogP contribution in [0.1, 0.15) is 0 Å². The highest BCUT2D eigenvalue weighted by Gasteiger charge is 2.27. The van der Waals surface area contributed by atoms with Crippen LogP contribution in [0.4, 0.5) is 5.69 Å². The van der Waals surface area contributed by atoms with Crippen molar-refractivity contribution in [3.63, 3.8) is 0 Å². The van der Waals surface area contributed by atoms with Gasteiger partial charge in [-0.3, -0.25) is 14.5 Å². The molecule has 27 heavy (non-hydrogen) atoms. The van der Waals surface area contributed by atoms with E-state index in [4.69, 9.17) is 16.3 Å². The van der Waals surface area contributed by atoms with Crippen LogP contribution in [0.25, 0.3) is 0 Å². The van der Waals surface area contributed by atoms with Crippen LogP contribution in [0.2, 0.25) is 5.02 Å². The summed E-state index contributed by atoms with van der Waals surface area (Å²) in [4.78, 5) is 20.5. The second kappa shape index (κ2) is 8.77. The van der Waals surface area contributed by atoms with E-state index in [2.05, 4.69) is 15.4 Å². The number of benzene rings is 1. The first-order chi connectivity index (χ1) is 13.1. The number of nitrogens with zero attached hydrogens (tertiary/aromatic N) is 5. The molecule has 0 aliphatic carbocycles. The van der Waals surface area contributed by atoms with Crippen LogP contribution in [0, 0.1) is 0 Å². The molecule has 0 spiro atoms. The molecule has 9 heteroatoms. The molecule has 2 heterocycles. The highest BCUT2D eigenvalue weighted by molar-refractivity contribution is 6.30. The summed E-state index contributed by atoms with van der Waals surface area (Å²) in [6.07, 6.45) is 3.55. The molecule has 0 saturated carbocycles. The van der Waals surface area contributed by atoms with Crippen LogP contribution in [-0.4, -0.2) is 66.4 Å². The summed E-state index contributed by atoms with van der Waals surface area (Å²) in [5.41, 5.74) is 0.821. The number of rotatable bonds is 5. The summed E-state index contributed by atoms with van der Waals surface area (Å²) in [6.45, 7) is 2.61. The van der Waals surface area contributed by atoms with Crippen LogP contribution >= 0.6 is 11.6 Å². The van der Waals surface area contributed by atoms with E-state index in [1.807, 2.05) is 30.3 Å². The fourth-order valence-electron chi connectivity index (χ4n) is 2.87. The number of guanidine groups is 1. The minimum absolute atomic E-state index is 0.0228. The smallest absolute Gasteiger partial charge is 0.246 e. The maximum Gasteiger partial charge on any atom is 0.246 e. The van der Waals surface area contributed by atoms with Gasteiger partial charge in [0.15, 0.2) is 5.96 Å². The monoisotopic (exact) mass is 390 g/mol. The maximum atomic E-state index is 12.5. The van der Waals surface area contributed by atoms with Gasteiger partial charge in [-0.25, -0.2) is 0 Å². The van der Waals surface area contributed by atoms with E-state index in [0.29, 0.717) is 37.2 Å². The summed E-state index contributed by atoms with van der Waals surface area (Å²) < 4.78 is 7.35. The van der Waals surface area contributed by atoms with E-state index >= 15 is 0 Å². The number of aryl methyl sites for hydroxylation is 1. The first-order valence-corrected chi connectivity index (χ1v) is 9.07. The highest BCUT2D eigenvalue weighted by atomic mass is 35.5. The Balaban J connectivity index is 1.47. The number of anilines is 1. The number of hydrogen-bond acceptors (Lipinski definition) is 4. The van der Waals surface area contributed by atoms with Crippen LogP contribution in [-0.2, 0) is 11.8 Å². The SMILES string of the molecule is CN=C(NCCOc1ccc(Cl)cc1)N1CCN(c2cnn(C)c2)C(=O)C1. The molecule has 3 rings (SSSR count). The van der Waals surface area contributed by atoms with Crippen LogP contribution in [0.5, 0.6) is 5.75 Å². The summed E-state index contributed by atoms with van der Waals surface area (Å²) in [5, 5.41) is 8.04. The third-order valence-electron chi connectivity index (χ3n) is 4.20. The van der Waals surface area contributed by atoms with Gasteiger partial charge in [0.2, 0.25) is 5.91 Å². The molecular formula is C18H23ClN6O2. The molecule has 1 aromatic carbocycles. The summed E-state index contributed by atoms with van der Waals surface area (Å²) in [6, 6.07) is 7.23. The van der Waals surface area contributed by atoms with Crippen LogP contribution < -0.4 is 15.0 Å². The van der Waals surface area contributed by atoms with Crippen molar-refractivity contribution >= 4 is 29.2 Å². The second-order valence-electron chi connectivity index (χ2n) is 6.12. The Morgan fingerprint density at radius 2 is 2.11 bits per heavy atom. The molecule has 1 amide bonds. The standard InChI is InChI=1S/C18H23ClN6O2/c1-20-18(21-7-10-27-16-5-3-14(19)4-6-16)24-8-9-25(17(26)13-24)15-11-22-23(2)12-15/h3-6,11-12H,7-10,13H2,1-2H3,(H,20,21). The molecule has 8 nitrogen and oxygen atoms in total. The quantitative estimate of drug-likeness (QED) is 0.474. The molecule has 0 radical (unpaired) electrons. The molecule has 1 saturated heterocycles. The van der Waals surface area contributed by atoms with Crippen molar-refractivity contribution in [3.8, 4) is 5.75 Å². The van der Waals surface area contributed by atoms with Gasteiger partial charge in [0.1, 0.15) is 18.9 Å². The number of aliphatic imine (C=N–C) groups is 1. The normalized spacial score (nSPS) is 15.2. The molecule has 1 fully saturated rings. The lowest BCUT2D eigenvalue weighted by molar-refractivity contribution is -0.120. The van der Waals surface area contributed by atoms with E-state index in [9.17, 15) is 4.79 Å². The molecule has 0 atom stereocenters. The maximum absolute atomic E-state index is 12.5. The van der Waals surface area contributed by atoms with E-state index < -0.39 is 0 Å². The lowest BCUT2D eigenvalue weighted by Gasteiger charge is -2.35. The number of nitrogens with one attached hydrogen (secondary N) is 1. The zero-order chi connectivity index (χ0) is 19.2. The van der Waals surface area contributed by atoms with Gasteiger partial charge >= 0.3 is 0 Å². The van der Waals surface area contributed by atoms with E-state index in [-0.39, 0.29) is 12.5 Å². The molecule has 0 bridgehead atoms. The Morgan fingerprint density at radius 3 is 2.74 bits per heavy atom. The fraction of sp³-hybridized carbons (Fsp3) is 0.389. The zero-order valence-corrected chi connectivity index (χ0v) is 16.2. The van der Waals surface area contributed by atoms with Crippen molar-refractivity contribution in [3.05, 3.63) is 41.7 Å². The van der Waals surface area contributed by atoms with E-state index in [1.165, 1.54) is 0 Å². The van der Waals surface area contributed by atoms with Gasteiger partial charge in [-0.1, -0.05) is 11.6 Å². The highest BCUT2D eigenvalue weighted by Crippen LogP contribution is 2.16. The Hall–Kier alpha value is -2.74. The number of hydrogen-bond donors (Lipinski definition) is 1. The number of piperazine rings is 1. The Morgan fingerprint density at radius 1 is 1.33 bits per heavy atom. The minimum Gasteiger partial charge on any atom is -0.492 e. The average Bonchev–Trinajstić information content (AvgIpc) is 3.09. The van der Waals surface area contributed by atoms with E-state index in [0.717, 1.165) is 11.4 Å². The summed E-state index contributed by atoms with van der Waals surface area (Å²) in [5.74, 6) is 1.47. The second-order valence-corrected chi connectivity index (χ2v) is 6.55. The van der Waals surface area contributed by atoms with Crippen LogP contribution in [0.15, 0.2) is 41.7 Å². The largest absolute Gasteiger partial charge is 0.492 e.